The van der Waals surface area contributed by atoms with E-state index < -0.39 is 6.10 Å². The summed E-state index contributed by atoms with van der Waals surface area (Å²) in [7, 11) is 0. The van der Waals surface area contributed by atoms with E-state index in [1.165, 1.54) is 17.2 Å². The maximum atomic E-state index is 13.8. The van der Waals surface area contributed by atoms with Crippen LogP contribution in [0.1, 0.15) is 35.0 Å². The van der Waals surface area contributed by atoms with Gasteiger partial charge in [-0.15, -0.1) is 0 Å². The number of likely N-dealkylation sites (tertiary alicyclic amines) is 1. The van der Waals surface area contributed by atoms with Crippen molar-refractivity contribution in [2.75, 3.05) is 6.54 Å². The Kier molecular flexibility index (Phi) is 4.76. The second-order valence-corrected chi connectivity index (χ2v) is 7.24. The highest BCUT2D eigenvalue weighted by atomic mass is 19.1. The summed E-state index contributed by atoms with van der Waals surface area (Å²) in [5.41, 5.74) is 3.53. The Morgan fingerprint density at radius 1 is 1.19 bits per heavy atom. The Bertz CT molecular complexity index is 939. The van der Waals surface area contributed by atoms with Crippen molar-refractivity contribution in [3.05, 3.63) is 70.9 Å². The second kappa shape index (κ2) is 7.21. The first-order valence-electron chi connectivity index (χ1n) is 9.07. The van der Waals surface area contributed by atoms with Gasteiger partial charge in [-0.1, -0.05) is 47.1 Å². The normalized spacial score (nSPS) is 20.3. The van der Waals surface area contributed by atoms with E-state index in [1.54, 1.807) is 19.1 Å². The van der Waals surface area contributed by atoms with Crippen molar-refractivity contribution in [1.82, 2.24) is 15.0 Å². The monoisotopic (exact) mass is 367 g/mol. The van der Waals surface area contributed by atoms with Gasteiger partial charge in [0.2, 0.25) is 11.7 Å². The molecule has 140 valence electrons. The minimum atomic E-state index is -0.437. The molecule has 0 saturated carbocycles. The smallest absolute Gasteiger partial charge is 0.244 e. The highest BCUT2D eigenvalue weighted by molar-refractivity contribution is 5.55. The molecule has 2 atom stereocenters. The first kappa shape index (κ1) is 17.8. The molecule has 0 spiro atoms. The second-order valence-electron chi connectivity index (χ2n) is 7.24. The molecule has 2 unspecified atom stereocenters. The number of aliphatic hydroxyl groups excluding tert-OH is 1. The minimum absolute atomic E-state index is 0.155. The van der Waals surface area contributed by atoms with Crippen LogP contribution in [-0.4, -0.2) is 32.8 Å². The largest absolute Gasteiger partial charge is 0.392 e. The van der Waals surface area contributed by atoms with Gasteiger partial charge in [-0.2, -0.15) is 4.98 Å². The van der Waals surface area contributed by atoms with Gasteiger partial charge in [0, 0.05) is 18.7 Å². The van der Waals surface area contributed by atoms with Crippen LogP contribution < -0.4 is 0 Å². The standard InChI is InChI=1S/C21H22FN3O2/c1-13-3-6-15(7-4-13)11-25-12-17(26)10-19(25)21-23-20(24-27-21)16-8-5-14(2)18(22)9-16/h3-9,17,19,26H,10-12H2,1-2H3. The molecule has 6 heteroatoms. The molecule has 1 fully saturated rings. The number of β-amino-alcohol motifs (C(OH)–C–C–N with tert-alkyl or cyclic N) is 1. The molecular weight excluding hydrogens is 345 g/mol. The zero-order chi connectivity index (χ0) is 19.0. The number of rotatable bonds is 4. The maximum absolute atomic E-state index is 13.8. The third kappa shape index (κ3) is 3.77. The summed E-state index contributed by atoms with van der Waals surface area (Å²) in [5.74, 6) is 0.520. The molecular formula is C21H22FN3O2. The number of benzene rings is 2. The number of aliphatic hydroxyl groups is 1. The molecule has 2 aromatic carbocycles. The Morgan fingerprint density at radius 3 is 2.70 bits per heavy atom. The van der Waals surface area contributed by atoms with Crippen molar-refractivity contribution < 1.29 is 14.0 Å². The summed E-state index contributed by atoms with van der Waals surface area (Å²) in [4.78, 5) is 6.62. The molecule has 5 nitrogen and oxygen atoms in total. The van der Waals surface area contributed by atoms with Crippen LogP contribution in [-0.2, 0) is 6.54 Å². The fraction of sp³-hybridized carbons (Fsp3) is 0.333. The third-order valence-corrected chi connectivity index (χ3v) is 5.04. The lowest BCUT2D eigenvalue weighted by molar-refractivity contribution is 0.169. The van der Waals surface area contributed by atoms with Crippen LogP contribution in [0.2, 0.25) is 0 Å². The quantitative estimate of drug-likeness (QED) is 0.760. The highest BCUT2D eigenvalue weighted by Crippen LogP contribution is 2.33. The zero-order valence-electron chi connectivity index (χ0n) is 15.4. The molecule has 1 aliphatic heterocycles. The summed E-state index contributed by atoms with van der Waals surface area (Å²) in [6, 6.07) is 13.1. The van der Waals surface area contributed by atoms with Gasteiger partial charge in [0.15, 0.2) is 0 Å². The predicted octanol–water partition coefficient (Wildman–Crippen LogP) is 3.80. The van der Waals surface area contributed by atoms with Gasteiger partial charge in [0.25, 0.3) is 0 Å². The van der Waals surface area contributed by atoms with E-state index in [2.05, 4.69) is 46.2 Å². The summed E-state index contributed by atoms with van der Waals surface area (Å²) >= 11 is 0. The van der Waals surface area contributed by atoms with E-state index in [4.69, 9.17) is 4.52 Å². The molecule has 2 heterocycles. The van der Waals surface area contributed by atoms with Crippen molar-refractivity contribution >= 4 is 0 Å². The Labute approximate surface area is 157 Å². The molecule has 0 aliphatic carbocycles. The molecule has 1 N–H and O–H groups in total. The van der Waals surface area contributed by atoms with Crippen LogP contribution in [0.5, 0.6) is 0 Å². The summed E-state index contributed by atoms with van der Waals surface area (Å²) in [6.07, 6.45) is 0.100. The van der Waals surface area contributed by atoms with Gasteiger partial charge in [0.1, 0.15) is 5.82 Å². The molecule has 0 bridgehead atoms. The molecule has 1 saturated heterocycles. The number of hydrogen-bond acceptors (Lipinski definition) is 5. The predicted molar refractivity (Wildman–Crippen MR) is 99.4 cm³/mol. The topological polar surface area (TPSA) is 62.4 Å². The van der Waals surface area contributed by atoms with Crippen molar-refractivity contribution in [2.24, 2.45) is 0 Å². The lowest BCUT2D eigenvalue weighted by atomic mass is 10.1. The fourth-order valence-corrected chi connectivity index (χ4v) is 3.46. The number of nitrogens with zero attached hydrogens (tertiary/aromatic N) is 3. The van der Waals surface area contributed by atoms with Gasteiger partial charge in [-0.3, -0.25) is 4.90 Å². The van der Waals surface area contributed by atoms with E-state index in [0.717, 1.165) is 0 Å². The Balaban J connectivity index is 1.56. The first-order valence-corrected chi connectivity index (χ1v) is 9.07. The van der Waals surface area contributed by atoms with Crippen LogP contribution in [0, 0.1) is 19.7 Å². The SMILES string of the molecule is Cc1ccc(CN2CC(O)CC2c2nc(-c3ccc(C)c(F)c3)no2)cc1. The number of aromatic nitrogens is 2. The highest BCUT2D eigenvalue weighted by Gasteiger charge is 2.35. The third-order valence-electron chi connectivity index (χ3n) is 5.04. The van der Waals surface area contributed by atoms with Gasteiger partial charge >= 0.3 is 0 Å². The lowest BCUT2D eigenvalue weighted by Gasteiger charge is -2.21. The molecule has 1 aliphatic rings. The average Bonchev–Trinajstić information content (AvgIpc) is 3.26. The zero-order valence-corrected chi connectivity index (χ0v) is 15.4. The van der Waals surface area contributed by atoms with Gasteiger partial charge < -0.3 is 9.63 Å². The summed E-state index contributed by atoms with van der Waals surface area (Å²) < 4.78 is 19.3. The van der Waals surface area contributed by atoms with Crippen molar-refractivity contribution in [3.8, 4) is 11.4 Å². The number of halogens is 1. The van der Waals surface area contributed by atoms with Gasteiger partial charge in [-0.05, 0) is 37.5 Å². The first-order chi connectivity index (χ1) is 13.0. The van der Waals surface area contributed by atoms with Crippen molar-refractivity contribution in [2.45, 2.75) is 39.0 Å². The van der Waals surface area contributed by atoms with Crippen molar-refractivity contribution in [1.29, 1.82) is 0 Å². The van der Waals surface area contributed by atoms with Gasteiger partial charge in [-0.25, -0.2) is 4.39 Å². The van der Waals surface area contributed by atoms with Crippen LogP contribution in [0.25, 0.3) is 11.4 Å². The van der Waals surface area contributed by atoms with E-state index in [-0.39, 0.29) is 11.9 Å². The van der Waals surface area contributed by atoms with Crippen LogP contribution in [0.3, 0.4) is 0 Å². The minimum Gasteiger partial charge on any atom is -0.392 e. The molecule has 0 amide bonds. The van der Waals surface area contributed by atoms with Crippen LogP contribution in [0.4, 0.5) is 4.39 Å². The lowest BCUT2D eigenvalue weighted by Crippen LogP contribution is -2.24. The van der Waals surface area contributed by atoms with E-state index >= 15 is 0 Å². The van der Waals surface area contributed by atoms with Crippen LogP contribution >= 0.6 is 0 Å². The molecule has 0 radical (unpaired) electrons. The summed E-state index contributed by atoms with van der Waals surface area (Å²) in [5, 5.41) is 14.2. The van der Waals surface area contributed by atoms with Crippen LogP contribution in [0.15, 0.2) is 47.0 Å². The van der Waals surface area contributed by atoms with E-state index in [9.17, 15) is 9.50 Å². The number of hydrogen-bond donors (Lipinski definition) is 1. The fourth-order valence-electron chi connectivity index (χ4n) is 3.46. The molecule has 3 aromatic rings. The van der Waals surface area contributed by atoms with Crippen molar-refractivity contribution in [3.63, 3.8) is 0 Å². The summed E-state index contributed by atoms with van der Waals surface area (Å²) in [6.45, 7) is 5.01. The maximum Gasteiger partial charge on any atom is 0.244 e. The average molecular weight is 367 g/mol. The van der Waals surface area contributed by atoms with Gasteiger partial charge in [0.05, 0.1) is 12.1 Å². The van der Waals surface area contributed by atoms with E-state index in [1.807, 2.05) is 0 Å². The molecule has 27 heavy (non-hydrogen) atoms. The molecule has 1 aromatic heterocycles. The Hall–Kier alpha value is -2.57. The van der Waals surface area contributed by atoms with E-state index in [0.29, 0.717) is 42.4 Å². The molecule has 4 rings (SSSR count). The number of aryl methyl sites for hydroxylation is 2. The Morgan fingerprint density at radius 2 is 1.96 bits per heavy atom.